The first-order chi connectivity index (χ1) is 14.7. The van der Waals surface area contributed by atoms with E-state index < -0.39 is 0 Å². The summed E-state index contributed by atoms with van der Waals surface area (Å²) < 4.78 is 13.2. The number of thiocarbonyl (C=S) groups is 1. The molecule has 0 amide bonds. The van der Waals surface area contributed by atoms with Crippen LogP contribution in [-0.2, 0) is 13.0 Å². The lowest BCUT2D eigenvalue weighted by atomic mass is 10.1. The monoisotopic (exact) mass is 424 g/mol. The third-order valence-electron chi connectivity index (χ3n) is 4.39. The van der Waals surface area contributed by atoms with Crippen molar-refractivity contribution in [1.29, 1.82) is 0 Å². The fourth-order valence-corrected chi connectivity index (χ4v) is 3.25. The van der Waals surface area contributed by atoms with E-state index in [2.05, 4.69) is 33.9 Å². The van der Waals surface area contributed by atoms with Gasteiger partial charge in [-0.15, -0.1) is 0 Å². The SMILES string of the molecule is CCOc1ccc(CCNC(=S)Nc2cnn(Cc3ccccc3)c2)cc1OCC. The molecule has 30 heavy (non-hydrogen) atoms. The molecule has 0 atom stereocenters. The van der Waals surface area contributed by atoms with Crippen LogP contribution in [0.2, 0.25) is 0 Å². The normalized spacial score (nSPS) is 10.5. The molecular formula is C23H28N4O2S. The fraction of sp³-hybridized carbons (Fsp3) is 0.304. The Morgan fingerprint density at radius 1 is 1.00 bits per heavy atom. The Bertz CT molecular complexity index is 943. The van der Waals surface area contributed by atoms with Gasteiger partial charge >= 0.3 is 0 Å². The molecule has 7 heteroatoms. The Balaban J connectivity index is 1.46. The van der Waals surface area contributed by atoms with Gasteiger partial charge in [-0.1, -0.05) is 36.4 Å². The standard InChI is InChI=1S/C23H28N4O2S/c1-3-28-21-11-10-18(14-22(21)29-4-2)12-13-24-23(30)26-20-15-25-27(17-20)16-19-8-6-5-7-9-19/h5-11,14-15,17H,3-4,12-13,16H2,1-2H3,(H2,24,26,30). The fourth-order valence-electron chi connectivity index (χ4n) is 3.03. The summed E-state index contributed by atoms with van der Waals surface area (Å²) in [7, 11) is 0. The summed E-state index contributed by atoms with van der Waals surface area (Å²) in [5.74, 6) is 1.56. The molecule has 3 rings (SSSR count). The molecule has 0 aliphatic carbocycles. The summed E-state index contributed by atoms with van der Waals surface area (Å²) in [4.78, 5) is 0. The molecular weight excluding hydrogens is 396 g/mol. The molecule has 1 aromatic heterocycles. The molecule has 0 saturated heterocycles. The predicted molar refractivity (Wildman–Crippen MR) is 124 cm³/mol. The molecule has 0 aliphatic heterocycles. The average Bonchev–Trinajstić information content (AvgIpc) is 3.17. The first-order valence-electron chi connectivity index (χ1n) is 10.2. The van der Waals surface area contributed by atoms with Crippen molar-refractivity contribution in [2.45, 2.75) is 26.8 Å². The second-order valence-electron chi connectivity index (χ2n) is 6.69. The van der Waals surface area contributed by atoms with Crippen LogP contribution in [0.3, 0.4) is 0 Å². The number of nitrogens with one attached hydrogen (secondary N) is 2. The molecule has 1 heterocycles. The van der Waals surface area contributed by atoms with Crippen LogP contribution in [-0.4, -0.2) is 34.7 Å². The molecule has 6 nitrogen and oxygen atoms in total. The lowest BCUT2D eigenvalue weighted by molar-refractivity contribution is 0.287. The molecule has 3 aromatic rings. The van der Waals surface area contributed by atoms with E-state index >= 15 is 0 Å². The van der Waals surface area contributed by atoms with E-state index in [1.807, 2.05) is 55.1 Å². The number of nitrogens with zero attached hydrogens (tertiary/aromatic N) is 2. The second-order valence-corrected chi connectivity index (χ2v) is 7.10. The summed E-state index contributed by atoms with van der Waals surface area (Å²) in [5.41, 5.74) is 3.23. The molecule has 0 saturated carbocycles. The van der Waals surface area contributed by atoms with Crippen molar-refractivity contribution in [1.82, 2.24) is 15.1 Å². The van der Waals surface area contributed by atoms with Gasteiger partial charge in [0.2, 0.25) is 0 Å². The Morgan fingerprint density at radius 3 is 2.53 bits per heavy atom. The first kappa shape index (κ1) is 21.6. The summed E-state index contributed by atoms with van der Waals surface area (Å²) in [5, 5.41) is 11.4. The van der Waals surface area contributed by atoms with Gasteiger partial charge in [0.05, 0.1) is 31.6 Å². The zero-order chi connectivity index (χ0) is 21.2. The van der Waals surface area contributed by atoms with Crippen LogP contribution in [0.25, 0.3) is 0 Å². The van der Waals surface area contributed by atoms with Gasteiger partial charge in [-0.3, -0.25) is 4.68 Å². The minimum absolute atomic E-state index is 0.574. The third kappa shape index (κ3) is 6.49. The first-order valence-corrected chi connectivity index (χ1v) is 10.6. The maximum atomic E-state index is 5.69. The highest BCUT2D eigenvalue weighted by Gasteiger charge is 2.07. The van der Waals surface area contributed by atoms with E-state index in [0.29, 0.717) is 24.9 Å². The maximum Gasteiger partial charge on any atom is 0.170 e. The molecule has 0 aliphatic rings. The molecule has 0 unspecified atom stereocenters. The summed E-state index contributed by atoms with van der Waals surface area (Å²) in [6, 6.07) is 16.3. The van der Waals surface area contributed by atoms with Crippen molar-refractivity contribution in [2.24, 2.45) is 0 Å². The van der Waals surface area contributed by atoms with Gasteiger partial charge in [-0.05, 0) is 55.7 Å². The quantitative estimate of drug-likeness (QED) is 0.474. The number of rotatable bonds is 10. The highest BCUT2D eigenvalue weighted by atomic mass is 32.1. The summed E-state index contributed by atoms with van der Waals surface area (Å²) in [6.45, 7) is 6.59. The lowest BCUT2D eigenvalue weighted by Gasteiger charge is -2.13. The van der Waals surface area contributed by atoms with Crippen LogP contribution < -0.4 is 20.1 Å². The van der Waals surface area contributed by atoms with Crippen LogP contribution in [0, 0.1) is 0 Å². The van der Waals surface area contributed by atoms with Gasteiger partial charge in [0.25, 0.3) is 0 Å². The van der Waals surface area contributed by atoms with Crippen molar-refractivity contribution >= 4 is 23.0 Å². The van der Waals surface area contributed by atoms with Crippen LogP contribution in [0.1, 0.15) is 25.0 Å². The Hall–Kier alpha value is -3.06. The zero-order valence-corrected chi connectivity index (χ0v) is 18.2. The minimum atomic E-state index is 0.574. The number of aromatic nitrogens is 2. The van der Waals surface area contributed by atoms with Crippen molar-refractivity contribution in [3.8, 4) is 11.5 Å². The highest BCUT2D eigenvalue weighted by Crippen LogP contribution is 2.28. The Morgan fingerprint density at radius 2 is 1.77 bits per heavy atom. The minimum Gasteiger partial charge on any atom is -0.490 e. The number of anilines is 1. The van der Waals surface area contributed by atoms with Crippen LogP contribution in [0.5, 0.6) is 11.5 Å². The van der Waals surface area contributed by atoms with E-state index in [1.54, 1.807) is 6.20 Å². The van der Waals surface area contributed by atoms with Crippen LogP contribution in [0.4, 0.5) is 5.69 Å². The summed E-state index contributed by atoms with van der Waals surface area (Å²) >= 11 is 5.41. The predicted octanol–water partition coefficient (Wildman–Crippen LogP) is 4.26. The van der Waals surface area contributed by atoms with Gasteiger partial charge in [-0.25, -0.2) is 0 Å². The topological polar surface area (TPSA) is 60.3 Å². The lowest BCUT2D eigenvalue weighted by Crippen LogP contribution is -2.30. The van der Waals surface area contributed by atoms with E-state index in [1.165, 1.54) is 5.56 Å². The molecule has 158 valence electrons. The van der Waals surface area contributed by atoms with Crippen molar-refractivity contribution in [3.63, 3.8) is 0 Å². The van der Waals surface area contributed by atoms with Crippen LogP contribution >= 0.6 is 12.2 Å². The van der Waals surface area contributed by atoms with Gasteiger partial charge in [0.15, 0.2) is 16.6 Å². The van der Waals surface area contributed by atoms with Gasteiger partial charge in [0.1, 0.15) is 0 Å². The number of benzene rings is 2. The van der Waals surface area contributed by atoms with E-state index in [0.717, 1.165) is 35.7 Å². The molecule has 0 radical (unpaired) electrons. The highest BCUT2D eigenvalue weighted by molar-refractivity contribution is 7.80. The molecule has 0 bridgehead atoms. The smallest absolute Gasteiger partial charge is 0.170 e. The number of hydrogen-bond acceptors (Lipinski definition) is 4. The largest absolute Gasteiger partial charge is 0.490 e. The molecule has 0 spiro atoms. The van der Waals surface area contributed by atoms with Gasteiger partial charge in [-0.2, -0.15) is 5.10 Å². The van der Waals surface area contributed by atoms with Crippen molar-refractivity contribution < 1.29 is 9.47 Å². The van der Waals surface area contributed by atoms with E-state index in [9.17, 15) is 0 Å². The third-order valence-corrected chi connectivity index (χ3v) is 4.63. The van der Waals surface area contributed by atoms with E-state index in [-0.39, 0.29) is 0 Å². The van der Waals surface area contributed by atoms with E-state index in [4.69, 9.17) is 21.7 Å². The maximum absolute atomic E-state index is 5.69. The second kappa shape index (κ2) is 11.2. The number of ether oxygens (including phenoxy) is 2. The molecule has 0 fully saturated rings. The zero-order valence-electron chi connectivity index (χ0n) is 17.4. The molecule has 2 aromatic carbocycles. The Kier molecular flexibility index (Phi) is 8.09. The van der Waals surface area contributed by atoms with Gasteiger partial charge in [0, 0.05) is 12.7 Å². The Labute approximate surface area is 183 Å². The van der Waals surface area contributed by atoms with Crippen molar-refractivity contribution in [3.05, 3.63) is 72.1 Å². The van der Waals surface area contributed by atoms with Gasteiger partial charge < -0.3 is 20.1 Å². The molecule has 2 N–H and O–H groups in total. The number of hydrogen-bond donors (Lipinski definition) is 2. The average molecular weight is 425 g/mol. The summed E-state index contributed by atoms with van der Waals surface area (Å²) in [6.07, 6.45) is 4.54. The van der Waals surface area contributed by atoms with Crippen molar-refractivity contribution in [2.75, 3.05) is 25.1 Å². The van der Waals surface area contributed by atoms with Crippen LogP contribution in [0.15, 0.2) is 60.9 Å².